The van der Waals surface area contributed by atoms with Crippen molar-refractivity contribution in [1.82, 2.24) is 5.32 Å². The molecule has 0 radical (unpaired) electrons. The fourth-order valence-corrected chi connectivity index (χ4v) is 2.12. The molecule has 0 amide bonds. The van der Waals surface area contributed by atoms with Crippen LogP contribution in [0.15, 0.2) is 36.4 Å². The minimum absolute atomic E-state index is 0.0869. The Bertz CT molecular complexity index is 692. The van der Waals surface area contributed by atoms with Crippen molar-refractivity contribution in [2.24, 2.45) is 0 Å². The zero-order valence-electron chi connectivity index (χ0n) is 12.2. The van der Waals surface area contributed by atoms with E-state index >= 15 is 0 Å². The molecular weight excluding hydrogens is 306 g/mol. The molecule has 0 aromatic heterocycles. The molecule has 0 aliphatic carbocycles. The first kappa shape index (κ1) is 16.2. The summed E-state index contributed by atoms with van der Waals surface area (Å²) >= 11 is 5.17. The molecule has 22 heavy (non-hydrogen) atoms. The Morgan fingerprint density at radius 2 is 1.95 bits per heavy atom. The topological polar surface area (TPSA) is 33.3 Å². The third-order valence-corrected chi connectivity index (χ3v) is 3.30. The fraction of sp³-hybridized carbons (Fsp3) is 0.188. The van der Waals surface area contributed by atoms with Crippen molar-refractivity contribution in [3.63, 3.8) is 0 Å². The molecule has 0 spiro atoms. The van der Waals surface area contributed by atoms with E-state index in [1.807, 2.05) is 25.1 Å². The summed E-state index contributed by atoms with van der Waals surface area (Å²) in [7, 11) is 1.56. The van der Waals surface area contributed by atoms with Crippen LogP contribution < -0.4 is 15.4 Å². The third-order valence-electron chi connectivity index (χ3n) is 3.05. The van der Waals surface area contributed by atoms with Gasteiger partial charge in [-0.25, -0.2) is 8.78 Å². The average Bonchev–Trinajstić information content (AvgIpc) is 2.48. The molecule has 0 unspecified atom stereocenters. The predicted molar refractivity (Wildman–Crippen MR) is 87.1 cm³/mol. The van der Waals surface area contributed by atoms with Gasteiger partial charge in [0, 0.05) is 12.1 Å². The van der Waals surface area contributed by atoms with E-state index in [4.69, 9.17) is 17.0 Å². The van der Waals surface area contributed by atoms with E-state index in [1.165, 1.54) is 0 Å². The van der Waals surface area contributed by atoms with Crippen molar-refractivity contribution < 1.29 is 13.5 Å². The van der Waals surface area contributed by atoms with Gasteiger partial charge in [0.1, 0.15) is 17.4 Å². The maximum Gasteiger partial charge on any atom is 0.171 e. The lowest BCUT2D eigenvalue weighted by molar-refractivity contribution is 0.417. The van der Waals surface area contributed by atoms with Gasteiger partial charge < -0.3 is 15.4 Å². The smallest absolute Gasteiger partial charge is 0.171 e. The molecule has 3 nitrogen and oxygen atoms in total. The minimum atomic E-state index is -0.488. The molecule has 0 saturated heterocycles. The molecule has 0 heterocycles. The molecule has 0 aliphatic heterocycles. The average molecular weight is 322 g/mol. The van der Waals surface area contributed by atoms with E-state index in [0.29, 0.717) is 16.5 Å². The molecule has 0 bridgehead atoms. The number of hydrogen-bond donors (Lipinski definition) is 2. The molecule has 0 atom stereocenters. The summed E-state index contributed by atoms with van der Waals surface area (Å²) in [5, 5.41) is 6.13. The summed E-state index contributed by atoms with van der Waals surface area (Å²) in [5.41, 5.74) is 1.96. The monoisotopic (exact) mass is 322 g/mol. The van der Waals surface area contributed by atoms with Crippen molar-refractivity contribution in [1.29, 1.82) is 0 Å². The summed E-state index contributed by atoms with van der Waals surface area (Å²) in [6.07, 6.45) is 0. The van der Waals surface area contributed by atoms with Crippen LogP contribution in [-0.2, 0) is 6.54 Å². The lowest BCUT2D eigenvalue weighted by Gasteiger charge is -2.14. The van der Waals surface area contributed by atoms with Gasteiger partial charge in [0.25, 0.3) is 0 Å². The second-order valence-electron chi connectivity index (χ2n) is 4.75. The second-order valence-corrected chi connectivity index (χ2v) is 5.16. The minimum Gasteiger partial charge on any atom is -0.495 e. The van der Waals surface area contributed by atoms with Crippen molar-refractivity contribution in [3.8, 4) is 5.75 Å². The quantitative estimate of drug-likeness (QED) is 0.840. The van der Waals surface area contributed by atoms with Crippen LogP contribution in [0.4, 0.5) is 14.5 Å². The van der Waals surface area contributed by atoms with Gasteiger partial charge in [0.15, 0.2) is 5.11 Å². The van der Waals surface area contributed by atoms with Gasteiger partial charge in [-0.15, -0.1) is 0 Å². The first-order valence-electron chi connectivity index (χ1n) is 6.63. The van der Waals surface area contributed by atoms with Gasteiger partial charge in [-0.3, -0.25) is 0 Å². The maximum absolute atomic E-state index is 13.5. The number of thiocarbonyl (C=S) groups is 1. The highest BCUT2D eigenvalue weighted by Gasteiger charge is 2.07. The lowest BCUT2D eigenvalue weighted by atomic mass is 10.2. The van der Waals surface area contributed by atoms with Crippen LogP contribution in [0.5, 0.6) is 5.75 Å². The Morgan fingerprint density at radius 3 is 2.68 bits per heavy atom. The summed E-state index contributed by atoms with van der Waals surface area (Å²) < 4.78 is 31.9. The number of benzene rings is 2. The van der Waals surface area contributed by atoms with Gasteiger partial charge in [-0.05, 0) is 55.0 Å². The van der Waals surface area contributed by atoms with Gasteiger partial charge in [0.05, 0.1) is 12.8 Å². The molecule has 116 valence electrons. The van der Waals surface area contributed by atoms with E-state index in [-0.39, 0.29) is 12.1 Å². The van der Waals surface area contributed by atoms with Gasteiger partial charge in [-0.1, -0.05) is 6.07 Å². The highest BCUT2D eigenvalue weighted by molar-refractivity contribution is 7.80. The molecular formula is C16H16F2N2OS. The van der Waals surface area contributed by atoms with E-state index in [9.17, 15) is 8.78 Å². The molecule has 0 saturated carbocycles. The van der Waals surface area contributed by atoms with Crippen molar-refractivity contribution in [2.75, 3.05) is 12.4 Å². The first-order chi connectivity index (χ1) is 10.5. The number of ether oxygens (including phenoxy) is 1. The molecule has 2 N–H and O–H groups in total. The number of hydrogen-bond acceptors (Lipinski definition) is 2. The fourth-order valence-electron chi connectivity index (χ4n) is 1.94. The lowest BCUT2D eigenvalue weighted by Crippen LogP contribution is -2.28. The SMILES string of the molecule is COc1ccc(C)cc1NC(=S)NCc1cc(F)ccc1F. The summed E-state index contributed by atoms with van der Waals surface area (Å²) in [4.78, 5) is 0. The van der Waals surface area contributed by atoms with Crippen molar-refractivity contribution in [3.05, 3.63) is 59.2 Å². The number of halogens is 2. The zero-order valence-corrected chi connectivity index (χ0v) is 13.1. The maximum atomic E-state index is 13.5. The molecule has 2 rings (SSSR count). The summed E-state index contributed by atoms with van der Waals surface area (Å²) in [6, 6.07) is 8.93. The van der Waals surface area contributed by atoms with Crippen molar-refractivity contribution in [2.45, 2.75) is 13.5 Å². The van der Waals surface area contributed by atoms with Crippen LogP contribution in [-0.4, -0.2) is 12.2 Å². The van der Waals surface area contributed by atoms with Crippen LogP contribution in [0.3, 0.4) is 0 Å². The number of nitrogens with one attached hydrogen (secondary N) is 2. The van der Waals surface area contributed by atoms with Gasteiger partial charge in [-0.2, -0.15) is 0 Å². The number of methoxy groups -OCH3 is 1. The van der Waals surface area contributed by atoms with Crippen LogP contribution >= 0.6 is 12.2 Å². The summed E-state index contributed by atoms with van der Waals surface area (Å²) in [6.45, 7) is 2.03. The number of aryl methyl sites for hydroxylation is 1. The highest BCUT2D eigenvalue weighted by Crippen LogP contribution is 2.25. The Balaban J connectivity index is 2.01. The number of rotatable bonds is 4. The van der Waals surface area contributed by atoms with Crippen LogP contribution in [0.1, 0.15) is 11.1 Å². The Labute approximate surface area is 133 Å². The van der Waals surface area contributed by atoms with Crippen LogP contribution in [0.25, 0.3) is 0 Å². The molecule has 0 fully saturated rings. The Morgan fingerprint density at radius 1 is 1.18 bits per heavy atom. The largest absolute Gasteiger partial charge is 0.495 e. The normalized spacial score (nSPS) is 10.2. The molecule has 6 heteroatoms. The van der Waals surface area contributed by atoms with Gasteiger partial charge in [0.2, 0.25) is 0 Å². The van der Waals surface area contributed by atoms with Crippen molar-refractivity contribution >= 4 is 23.0 Å². The van der Waals surface area contributed by atoms with E-state index in [2.05, 4.69) is 10.6 Å². The third kappa shape index (κ3) is 4.14. The number of anilines is 1. The van der Waals surface area contributed by atoms with E-state index in [0.717, 1.165) is 23.8 Å². The Hall–Kier alpha value is -2.21. The molecule has 2 aromatic rings. The van der Waals surface area contributed by atoms with Crippen LogP contribution in [0.2, 0.25) is 0 Å². The standard InChI is InChI=1S/C16H16F2N2OS/c1-10-3-6-15(21-2)14(7-10)20-16(22)19-9-11-8-12(17)4-5-13(11)18/h3-8H,9H2,1-2H3,(H2,19,20,22). The highest BCUT2D eigenvalue weighted by atomic mass is 32.1. The molecule has 0 aliphatic rings. The summed E-state index contributed by atoms with van der Waals surface area (Å²) in [5.74, 6) is -0.325. The second kappa shape index (κ2) is 7.17. The predicted octanol–water partition coefficient (Wildman–Crippen LogP) is 3.77. The van der Waals surface area contributed by atoms with E-state index < -0.39 is 11.6 Å². The van der Waals surface area contributed by atoms with Crippen LogP contribution in [0, 0.1) is 18.6 Å². The first-order valence-corrected chi connectivity index (χ1v) is 7.04. The van der Waals surface area contributed by atoms with Gasteiger partial charge >= 0.3 is 0 Å². The zero-order chi connectivity index (χ0) is 16.1. The van der Waals surface area contributed by atoms with E-state index in [1.54, 1.807) is 7.11 Å². The molecule has 2 aromatic carbocycles. The Kier molecular flexibility index (Phi) is 5.27.